The van der Waals surface area contributed by atoms with Gasteiger partial charge in [-0.05, 0) is 18.4 Å². The van der Waals surface area contributed by atoms with Gasteiger partial charge in [-0.1, -0.05) is 13.8 Å². The SMILES string of the molecule is CO[C@@H](O)C1(N)C(N)[C@H](C(C)C)C1CN. The fraction of sp³-hybridized carbons (Fsp3) is 1.00. The lowest BCUT2D eigenvalue weighted by Crippen LogP contribution is -2.82. The predicted molar refractivity (Wildman–Crippen MR) is 58.8 cm³/mol. The second-order valence-electron chi connectivity index (χ2n) is 4.78. The van der Waals surface area contributed by atoms with Crippen LogP contribution in [-0.4, -0.2) is 36.6 Å². The van der Waals surface area contributed by atoms with Crippen LogP contribution < -0.4 is 17.2 Å². The average molecular weight is 217 g/mol. The van der Waals surface area contributed by atoms with Crippen LogP contribution in [0.4, 0.5) is 0 Å². The Bertz CT molecular complexity index is 225. The van der Waals surface area contributed by atoms with E-state index in [1.54, 1.807) is 0 Å². The van der Waals surface area contributed by atoms with Crippen molar-refractivity contribution in [3.8, 4) is 0 Å². The first kappa shape index (κ1) is 12.9. The molecule has 5 atom stereocenters. The topological polar surface area (TPSA) is 108 Å². The molecule has 0 aromatic heterocycles. The van der Waals surface area contributed by atoms with Crippen molar-refractivity contribution in [2.45, 2.75) is 31.7 Å². The highest BCUT2D eigenvalue weighted by Crippen LogP contribution is 2.46. The molecular formula is C10H23N3O2. The van der Waals surface area contributed by atoms with Crippen molar-refractivity contribution in [3.63, 3.8) is 0 Å². The number of ether oxygens (including phenoxy) is 1. The molecule has 7 N–H and O–H groups in total. The zero-order valence-electron chi connectivity index (χ0n) is 9.68. The second kappa shape index (κ2) is 4.35. The Morgan fingerprint density at radius 2 is 2.00 bits per heavy atom. The summed E-state index contributed by atoms with van der Waals surface area (Å²) in [7, 11) is 1.42. The fourth-order valence-electron chi connectivity index (χ4n) is 2.84. The molecule has 0 saturated heterocycles. The number of rotatable bonds is 4. The first-order valence-electron chi connectivity index (χ1n) is 5.36. The van der Waals surface area contributed by atoms with E-state index in [0.29, 0.717) is 12.5 Å². The Kier molecular flexibility index (Phi) is 3.73. The second-order valence-corrected chi connectivity index (χ2v) is 4.78. The third kappa shape index (κ3) is 1.68. The molecule has 0 aromatic rings. The smallest absolute Gasteiger partial charge is 0.174 e. The van der Waals surface area contributed by atoms with Gasteiger partial charge in [0.1, 0.15) is 0 Å². The maximum atomic E-state index is 9.73. The Morgan fingerprint density at radius 1 is 1.47 bits per heavy atom. The van der Waals surface area contributed by atoms with Crippen molar-refractivity contribution >= 4 is 0 Å². The number of aliphatic hydroxyl groups excluding tert-OH is 1. The maximum absolute atomic E-state index is 9.73. The molecule has 0 spiro atoms. The summed E-state index contributed by atoms with van der Waals surface area (Å²) in [6.07, 6.45) is -1.05. The Labute approximate surface area is 90.9 Å². The van der Waals surface area contributed by atoms with Crippen LogP contribution in [0.25, 0.3) is 0 Å². The van der Waals surface area contributed by atoms with Crippen LogP contribution in [0.2, 0.25) is 0 Å². The van der Waals surface area contributed by atoms with E-state index in [0.717, 1.165) is 0 Å². The zero-order valence-corrected chi connectivity index (χ0v) is 9.68. The molecule has 1 saturated carbocycles. The highest BCUT2D eigenvalue weighted by atomic mass is 16.6. The molecule has 90 valence electrons. The van der Waals surface area contributed by atoms with E-state index in [2.05, 4.69) is 13.8 Å². The molecule has 1 aliphatic carbocycles. The summed E-state index contributed by atoms with van der Waals surface area (Å²) < 4.78 is 4.88. The van der Waals surface area contributed by atoms with E-state index in [9.17, 15) is 5.11 Å². The molecule has 1 rings (SSSR count). The molecular weight excluding hydrogens is 194 g/mol. The van der Waals surface area contributed by atoms with Crippen molar-refractivity contribution in [2.24, 2.45) is 35.0 Å². The monoisotopic (exact) mass is 217 g/mol. The first-order valence-corrected chi connectivity index (χ1v) is 5.36. The minimum atomic E-state index is -1.05. The van der Waals surface area contributed by atoms with Crippen molar-refractivity contribution < 1.29 is 9.84 Å². The summed E-state index contributed by atoms with van der Waals surface area (Å²) in [5, 5.41) is 9.73. The number of nitrogens with two attached hydrogens (primary N) is 3. The summed E-state index contributed by atoms with van der Waals surface area (Å²) in [4.78, 5) is 0. The fourth-order valence-corrected chi connectivity index (χ4v) is 2.84. The molecule has 15 heavy (non-hydrogen) atoms. The summed E-state index contributed by atoms with van der Waals surface area (Å²) in [5.41, 5.74) is 16.9. The van der Waals surface area contributed by atoms with Crippen LogP contribution in [0, 0.1) is 17.8 Å². The van der Waals surface area contributed by atoms with Gasteiger partial charge in [0.2, 0.25) is 0 Å². The van der Waals surface area contributed by atoms with Crippen molar-refractivity contribution in [1.29, 1.82) is 0 Å². The summed E-state index contributed by atoms with van der Waals surface area (Å²) in [6, 6.07) is -0.263. The number of aliphatic hydroxyl groups is 1. The van der Waals surface area contributed by atoms with Crippen LogP contribution in [0.3, 0.4) is 0 Å². The first-order chi connectivity index (χ1) is 6.91. The lowest BCUT2D eigenvalue weighted by Gasteiger charge is -2.60. The largest absolute Gasteiger partial charge is 0.366 e. The molecule has 0 aliphatic heterocycles. The van der Waals surface area contributed by atoms with Gasteiger partial charge in [0.15, 0.2) is 6.29 Å². The van der Waals surface area contributed by atoms with E-state index < -0.39 is 11.8 Å². The van der Waals surface area contributed by atoms with Gasteiger partial charge in [-0.3, -0.25) is 0 Å². The van der Waals surface area contributed by atoms with E-state index in [-0.39, 0.29) is 17.9 Å². The van der Waals surface area contributed by atoms with Gasteiger partial charge in [0.05, 0.1) is 5.54 Å². The molecule has 1 aliphatic rings. The highest BCUT2D eigenvalue weighted by molar-refractivity contribution is 5.17. The van der Waals surface area contributed by atoms with Gasteiger partial charge >= 0.3 is 0 Å². The van der Waals surface area contributed by atoms with E-state index >= 15 is 0 Å². The quantitative estimate of drug-likeness (QED) is 0.444. The third-order valence-corrected chi connectivity index (χ3v) is 3.77. The Morgan fingerprint density at radius 3 is 2.33 bits per heavy atom. The molecule has 0 aromatic carbocycles. The molecule has 3 unspecified atom stereocenters. The average Bonchev–Trinajstić information content (AvgIpc) is 2.21. The minimum Gasteiger partial charge on any atom is -0.366 e. The molecule has 0 heterocycles. The predicted octanol–water partition coefficient (Wildman–Crippen LogP) is -1.16. The number of hydrogen-bond acceptors (Lipinski definition) is 5. The summed E-state index contributed by atoms with van der Waals surface area (Å²) in [5.74, 6) is 0.682. The lowest BCUT2D eigenvalue weighted by molar-refractivity contribution is -0.198. The standard InChI is InChI=1S/C10H23N3O2/c1-5(2)7-6(4-11)10(13,8(7)12)9(14)15-3/h5-9,14H,4,11-13H2,1-3H3/t6?,7-,8?,9-,10?/m1/s1. The summed E-state index contributed by atoms with van der Waals surface area (Å²) in [6.45, 7) is 4.60. The highest BCUT2D eigenvalue weighted by Gasteiger charge is 2.62. The Hall–Kier alpha value is -0.200. The van der Waals surface area contributed by atoms with Gasteiger partial charge in [-0.25, -0.2) is 0 Å². The van der Waals surface area contributed by atoms with Crippen molar-refractivity contribution in [1.82, 2.24) is 0 Å². The van der Waals surface area contributed by atoms with Crippen LogP contribution in [0.1, 0.15) is 13.8 Å². The van der Waals surface area contributed by atoms with Crippen LogP contribution in [-0.2, 0) is 4.74 Å². The van der Waals surface area contributed by atoms with Gasteiger partial charge in [-0.15, -0.1) is 0 Å². The number of methoxy groups -OCH3 is 1. The Balaban J connectivity index is 2.85. The molecule has 1 fully saturated rings. The van der Waals surface area contributed by atoms with Gasteiger partial charge in [0, 0.05) is 19.1 Å². The minimum absolute atomic E-state index is 0.0162. The summed E-state index contributed by atoms with van der Waals surface area (Å²) >= 11 is 0. The lowest BCUT2D eigenvalue weighted by atomic mass is 9.52. The molecule has 0 bridgehead atoms. The molecule has 0 amide bonds. The van der Waals surface area contributed by atoms with Crippen LogP contribution in [0.15, 0.2) is 0 Å². The third-order valence-electron chi connectivity index (χ3n) is 3.77. The van der Waals surface area contributed by atoms with Gasteiger partial charge in [0.25, 0.3) is 0 Å². The van der Waals surface area contributed by atoms with Crippen LogP contribution in [0.5, 0.6) is 0 Å². The molecule has 5 heteroatoms. The zero-order chi connectivity index (χ0) is 11.8. The van der Waals surface area contributed by atoms with Crippen LogP contribution >= 0.6 is 0 Å². The molecule has 0 radical (unpaired) electrons. The van der Waals surface area contributed by atoms with E-state index in [4.69, 9.17) is 21.9 Å². The van der Waals surface area contributed by atoms with Crippen molar-refractivity contribution in [3.05, 3.63) is 0 Å². The number of hydrogen-bond donors (Lipinski definition) is 4. The maximum Gasteiger partial charge on any atom is 0.174 e. The van der Waals surface area contributed by atoms with E-state index in [1.807, 2.05) is 0 Å². The van der Waals surface area contributed by atoms with E-state index in [1.165, 1.54) is 7.11 Å². The molecule has 5 nitrogen and oxygen atoms in total. The van der Waals surface area contributed by atoms with Gasteiger partial charge in [-0.2, -0.15) is 0 Å². The normalized spacial score (nSPS) is 42.8. The van der Waals surface area contributed by atoms with Gasteiger partial charge < -0.3 is 27.0 Å². The van der Waals surface area contributed by atoms with Crippen molar-refractivity contribution in [2.75, 3.05) is 13.7 Å².